The number of amides is 1. The van der Waals surface area contributed by atoms with E-state index >= 15 is 0 Å². The minimum Gasteiger partial charge on any atom is -0.359 e. The van der Waals surface area contributed by atoms with Gasteiger partial charge in [0.15, 0.2) is 5.11 Å². The highest BCUT2D eigenvalue weighted by molar-refractivity contribution is 7.80. The SMILES string of the molecule is CC[C@H](C)NC(=S)NNC(=O)CCn1ccc(C)n1. The van der Waals surface area contributed by atoms with Crippen molar-refractivity contribution >= 4 is 23.2 Å². The standard InChI is InChI=1S/C12H21N5OS/c1-4-9(2)13-12(19)15-14-11(18)6-8-17-7-5-10(3)16-17/h5,7,9H,4,6,8H2,1-3H3,(H,14,18)(H2,13,15,19)/t9-/m0/s1. The number of hydrogen-bond donors (Lipinski definition) is 3. The first-order valence-corrected chi connectivity index (χ1v) is 6.77. The Labute approximate surface area is 118 Å². The van der Waals surface area contributed by atoms with Crippen molar-refractivity contribution < 1.29 is 4.79 Å². The maximum absolute atomic E-state index is 11.6. The number of hydrazine groups is 1. The van der Waals surface area contributed by atoms with Gasteiger partial charge in [-0.3, -0.25) is 20.3 Å². The smallest absolute Gasteiger partial charge is 0.240 e. The van der Waals surface area contributed by atoms with Crippen molar-refractivity contribution in [3.63, 3.8) is 0 Å². The van der Waals surface area contributed by atoms with E-state index in [1.54, 1.807) is 4.68 Å². The molecule has 0 aliphatic carbocycles. The summed E-state index contributed by atoms with van der Waals surface area (Å²) >= 11 is 5.04. The van der Waals surface area contributed by atoms with E-state index in [-0.39, 0.29) is 11.9 Å². The molecule has 0 bridgehead atoms. The molecule has 6 nitrogen and oxygen atoms in total. The number of aromatic nitrogens is 2. The molecule has 1 rings (SSSR count). The summed E-state index contributed by atoms with van der Waals surface area (Å²) < 4.78 is 1.74. The second-order valence-electron chi connectivity index (χ2n) is 4.43. The predicted octanol–water partition coefficient (Wildman–Crippen LogP) is 0.875. The van der Waals surface area contributed by atoms with Crippen LogP contribution in [0.1, 0.15) is 32.4 Å². The highest BCUT2D eigenvalue weighted by atomic mass is 32.1. The van der Waals surface area contributed by atoms with E-state index in [4.69, 9.17) is 12.2 Å². The van der Waals surface area contributed by atoms with Gasteiger partial charge in [0.1, 0.15) is 0 Å². The van der Waals surface area contributed by atoms with Crippen molar-refractivity contribution in [2.45, 2.75) is 46.2 Å². The van der Waals surface area contributed by atoms with Crippen LogP contribution in [0.3, 0.4) is 0 Å². The molecule has 1 amide bonds. The van der Waals surface area contributed by atoms with Crippen LogP contribution in [-0.2, 0) is 11.3 Å². The predicted molar refractivity (Wildman–Crippen MR) is 78.3 cm³/mol. The van der Waals surface area contributed by atoms with Gasteiger partial charge in [-0.25, -0.2) is 0 Å². The van der Waals surface area contributed by atoms with E-state index in [1.165, 1.54) is 0 Å². The Balaban J connectivity index is 2.19. The molecule has 0 fully saturated rings. The maximum Gasteiger partial charge on any atom is 0.240 e. The van der Waals surface area contributed by atoms with Gasteiger partial charge in [-0.05, 0) is 38.6 Å². The van der Waals surface area contributed by atoms with Crippen LogP contribution in [0, 0.1) is 6.92 Å². The van der Waals surface area contributed by atoms with Crippen molar-refractivity contribution in [1.29, 1.82) is 0 Å². The molecule has 19 heavy (non-hydrogen) atoms. The van der Waals surface area contributed by atoms with E-state index in [9.17, 15) is 4.79 Å². The molecule has 0 aromatic carbocycles. The number of hydrogen-bond acceptors (Lipinski definition) is 3. The lowest BCUT2D eigenvalue weighted by atomic mass is 10.3. The minimum absolute atomic E-state index is 0.124. The van der Waals surface area contributed by atoms with E-state index in [0.717, 1.165) is 12.1 Å². The quantitative estimate of drug-likeness (QED) is 0.553. The summed E-state index contributed by atoms with van der Waals surface area (Å²) in [4.78, 5) is 11.6. The Hall–Kier alpha value is -1.63. The number of aryl methyl sites for hydroxylation is 2. The van der Waals surface area contributed by atoms with Crippen LogP contribution >= 0.6 is 12.2 Å². The first-order chi connectivity index (χ1) is 9.01. The van der Waals surface area contributed by atoms with E-state index in [1.807, 2.05) is 26.1 Å². The molecule has 1 heterocycles. The Kier molecular flexibility index (Phi) is 6.27. The Morgan fingerprint density at radius 2 is 2.26 bits per heavy atom. The second kappa shape index (κ2) is 7.73. The topological polar surface area (TPSA) is 71.0 Å². The summed E-state index contributed by atoms with van der Waals surface area (Å²) in [5, 5.41) is 7.68. The average Bonchev–Trinajstić information content (AvgIpc) is 2.79. The van der Waals surface area contributed by atoms with Gasteiger partial charge < -0.3 is 5.32 Å². The zero-order valence-corrected chi connectivity index (χ0v) is 12.4. The molecule has 0 radical (unpaired) electrons. The van der Waals surface area contributed by atoms with Gasteiger partial charge in [0.25, 0.3) is 0 Å². The molecule has 0 aliphatic heterocycles. The molecule has 106 valence electrons. The van der Waals surface area contributed by atoms with Crippen LogP contribution in [0.5, 0.6) is 0 Å². The minimum atomic E-state index is -0.124. The third kappa shape index (κ3) is 6.19. The molecule has 7 heteroatoms. The van der Waals surface area contributed by atoms with Crippen LogP contribution in [-0.4, -0.2) is 26.8 Å². The molecular formula is C12H21N5OS. The lowest BCUT2D eigenvalue weighted by Crippen LogP contribution is -2.49. The van der Waals surface area contributed by atoms with Crippen molar-refractivity contribution in [3.05, 3.63) is 18.0 Å². The fourth-order valence-electron chi connectivity index (χ4n) is 1.35. The summed E-state index contributed by atoms with van der Waals surface area (Å²) in [5.74, 6) is -0.124. The van der Waals surface area contributed by atoms with E-state index in [2.05, 4.69) is 28.2 Å². The summed E-state index contributed by atoms with van der Waals surface area (Å²) in [6, 6.07) is 2.19. The fourth-order valence-corrected chi connectivity index (χ4v) is 1.61. The molecule has 0 saturated heterocycles. The molecule has 3 N–H and O–H groups in total. The van der Waals surface area contributed by atoms with Crippen molar-refractivity contribution in [2.75, 3.05) is 0 Å². The lowest BCUT2D eigenvalue weighted by molar-refractivity contribution is -0.121. The largest absolute Gasteiger partial charge is 0.359 e. The van der Waals surface area contributed by atoms with Crippen molar-refractivity contribution in [1.82, 2.24) is 25.9 Å². The Morgan fingerprint density at radius 3 is 2.84 bits per heavy atom. The average molecular weight is 283 g/mol. The zero-order chi connectivity index (χ0) is 14.3. The number of thiocarbonyl (C=S) groups is 1. The Morgan fingerprint density at radius 1 is 1.53 bits per heavy atom. The lowest BCUT2D eigenvalue weighted by Gasteiger charge is -2.15. The molecule has 0 spiro atoms. The number of carbonyl (C=O) groups excluding carboxylic acids is 1. The number of nitrogens with one attached hydrogen (secondary N) is 3. The molecule has 1 atom stereocenters. The van der Waals surface area contributed by atoms with E-state index < -0.39 is 0 Å². The summed E-state index contributed by atoms with van der Waals surface area (Å²) in [5.41, 5.74) is 6.18. The van der Waals surface area contributed by atoms with Gasteiger partial charge >= 0.3 is 0 Å². The first kappa shape index (κ1) is 15.4. The van der Waals surface area contributed by atoms with Gasteiger partial charge in [-0.2, -0.15) is 5.10 Å². The molecular weight excluding hydrogens is 262 g/mol. The normalized spacial score (nSPS) is 11.7. The van der Waals surface area contributed by atoms with Crippen LogP contribution in [0.25, 0.3) is 0 Å². The third-order valence-electron chi connectivity index (χ3n) is 2.65. The highest BCUT2D eigenvalue weighted by Gasteiger charge is 2.04. The second-order valence-corrected chi connectivity index (χ2v) is 4.83. The summed E-state index contributed by atoms with van der Waals surface area (Å²) in [6.45, 7) is 6.55. The van der Waals surface area contributed by atoms with Crippen molar-refractivity contribution in [3.8, 4) is 0 Å². The van der Waals surface area contributed by atoms with Crippen LogP contribution in [0.15, 0.2) is 12.3 Å². The van der Waals surface area contributed by atoms with Crippen LogP contribution in [0.4, 0.5) is 0 Å². The van der Waals surface area contributed by atoms with Crippen LogP contribution in [0.2, 0.25) is 0 Å². The van der Waals surface area contributed by atoms with Gasteiger partial charge in [-0.15, -0.1) is 0 Å². The molecule has 0 unspecified atom stereocenters. The third-order valence-corrected chi connectivity index (χ3v) is 2.87. The summed E-state index contributed by atoms with van der Waals surface area (Å²) in [7, 11) is 0. The number of nitrogens with zero attached hydrogens (tertiary/aromatic N) is 2. The zero-order valence-electron chi connectivity index (χ0n) is 11.6. The van der Waals surface area contributed by atoms with Crippen LogP contribution < -0.4 is 16.2 Å². The van der Waals surface area contributed by atoms with Gasteiger partial charge in [0.2, 0.25) is 5.91 Å². The van der Waals surface area contributed by atoms with E-state index in [0.29, 0.717) is 18.1 Å². The molecule has 1 aromatic heterocycles. The summed E-state index contributed by atoms with van der Waals surface area (Å²) in [6.07, 6.45) is 3.17. The highest BCUT2D eigenvalue weighted by Crippen LogP contribution is 1.94. The van der Waals surface area contributed by atoms with Gasteiger partial charge in [0.05, 0.1) is 5.69 Å². The van der Waals surface area contributed by atoms with Gasteiger partial charge in [-0.1, -0.05) is 6.92 Å². The van der Waals surface area contributed by atoms with Crippen molar-refractivity contribution in [2.24, 2.45) is 0 Å². The molecule has 1 aromatic rings. The number of carbonyl (C=O) groups is 1. The molecule has 0 saturated carbocycles. The Bertz CT molecular complexity index is 432. The fraction of sp³-hybridized carbons (Fsp3) is 0.583. The monoisotopic (exact) mass is 283 g/mol. The maximum atomic E-state index is 11.6. The molecule has 0 aliphatic rings. The number of rotatable bonds is 5. The van der Waals surface area contributed by atoms with Gasteiger partial charge in [0, 0.05) is 25.2 Å². The first-order valence-electron chi connectivity index (χ1n) is 6.36.